The van der Waals surface area contributed by atoms with E-state index in [1.54, 1.807) is 6.92 Å². The number of carbonyl (C=O) groups excluding carboxylic acids is 1. The zero-order chi connectivity index (χ0) is 14.0. The Balaban J connectivity index is 1.97. The second-order valence-electron chi connectivity index (χ2n) is 4.91. The first-order valence-electron chi connectivity index (χ1n) is 6.22. The molecule has 4 N–H and O–H groups in total. The average molecular weight is 286 g/mol. The Hall–Kier alpha value is -1.41. The molecule has 1 amide bonds. The Morgan fingerprint density at radius 2 is 2.05 bits per heavy atom. The third kappa shape index (κ3) is 3.32. The van der Waals surface area contributed by atoms with Crippen LogP contribution in [-0.4, -0.2) is 30.3 Å². The van der Waals surface area contributed by atoms with Crippen LogP contribution in [0.25, 0.3) is 0 Å². The fraction of sp³-hybridized carbons (Fsp3) is 0.636. The number of sulfonamides is 1. The van der Waals surface area contributed by atoms with Gasteiger partial charge in [0.15, 0.2) is 5.03 Å². The molecule has 19 heavy (non-hydrogen) atoms. The normalized spacial score (nSPS) is 24.3. The minimum Gasteiger partial charge on any atom is -0.369 e. The quantitative estimate of drug-likeness (QED) is 0.724. The van der Waals surface area contributed by atoms with Crippen molar-refractivity contribution in [2.24, 2.45) is 11.7 Å². The average Bonchev–Trinajstić information content (AvgIpc) is 2.77. The monoisotopic (exact) mass is 286 g/mol. The van der Waals surface area contributed by atoms with Crippen molar-refractivity contribution in [3.05, 3.63) is 12.0 Å². The van der Waals surface area contributed by atoms with Gasteiger partial charge in [0, 0.05) is 12.0 Å². The van der Waals surface area contributed by atoms with Crippen LogP contribution in [0.15, 0.2) is 11.2 Å². The van der Waals surface area contributed by atoms with Crippen molar-refractivity contribution >= 4 is 15.9 Å². The number of hydrogen-bond acceptors (Lipinski definition) is 4. The third-order valence-electron chi connectivity index (χ3n) is 3.42. The summed E-state index contributed by atoms with van der Waals surface area (Å²) < 4.78 is 26.7. The summed E-state index contributed by atoms with van der Waals surface area (Å²) in [5.41, 5.74) is 5.24. The van der Waals surface area contributed by atoms with E-state index in [2.05, 4.69) is 14.7 Å². The summed E-state index contributed by atoms with van der Waals surface area (Å²) in [4.78, 5) is 17.6. The summed E-state index contributed by atoms with van der Waals surface area (Å²) in [6, 6.07) is -0.149. The van der Waals surface area contributed by atoms with E-state index in [0.717, 1.165) is 0 Å². The van der Waals surface area contributed by atoms with Crippen molar-refractivity contribution in [1.82, 2.24) is 14.7 Å². The van der Waals surface area contributed by atoms with E-state index in [9.17, 15) is 13.2 Å². The molecule has 0 saturated heterocycles. The number of nitrogens with two attached hydrogens (primary N) is 1. The second kappa shape index (κ2) is 5.30. The first-order valence-corrected chi connectivity index (χ1v) is 7.70. The predicted octanol–water partition coefficient (Wildman–Crippen LogP) is 0.0405. The van der Waals surface area contributed by atoms with Crippen LogP contribution >= 0.6 is 0 Å². The minimum atomic E-state index is -3.56. The molecular weight excluding hydrogens is 268 g/mol. The molecule has 2 rings (SSSR count). The minimum absolute atomic E-state index is 0.0713. The van der Waals surface area contributed by atoms with Crippen LogP contribution in [0.4, 0.5) is 0 Å². The zero-order valence-corrected chi connectivity index (χ0v) is 11.5. The van der Waals surface area contributed by atoms with Gasteiger partial charge in [-0.15, -0.1) is 0 Å². The van der Waals surface area contributed by atoms with Crippen LogP contribution in [0.5, 0.6) is 0 Å². The number of rotatable bonds is 4. The van der Waals surface area contributed by atoms with Crippen molar-refractivity contribution in [2.45, 2.75) is 43.7 Å². The molecule has 1 saturated carbocycles. The molecule has 0 spiro atoms. The number of hydrogen-bond donors (Lipinski definition) is 3. The van der Waals surface area contributed by atoms with Gasteiger partial charge in [-0.3, -0.25) is 4.79 Å². The van der Waals surface area contributed by atoms with Gasteiger partial charge in [-0.05, 0) is 32.6 Å². The Bertz CT molecular complexity index is 558. The summed E-state index contributed by atoms with van der Waals surface area (Å²) >= 11 is 0. The highest BCUT2D eigenvalue weighted by Gasteiger charge is 2.28. The van der Waals surface area contributed by atoms with Crippen LogP contribution in [0, 0.1) is 12.8 Å². The Labute approximate surface area is 112 Å². The lowest BCUT2D eigenvalue weighted by Gasteiger charge is -2.26. The molecule has 1 aromatic heterocycles. The Kier molecular flexibility index (Phi) is 3.91. The molecule has 106 valence electrons. The van der Waals surface area contributed by atoms with Gasteiger partial charge >= 0.3 is 0 Å². The molecule has 0 unspecified atom stereocenters. The largest absolute Gasteiger partial charge is 0.369 e. The topological polar surface area (TPSA) is 118 Å². The van der Waals surface area contributed by atoms with Crippen molar-refractivity contribution in [2.75, 3.05) is 0 Å². The first kappa shape index (κ1) is 14.0. The summed E-state index contributed by atoms with van der Waals surface area (Å²) in [6.45, 7) is 1.69. The van der Waals surface area contributed by atoms with Gasteiger partial charge in [-0.1, -0.05) is 0 Å². The van der Waals surface area contributed by atoms with Crippen LogP contribution < -0.4 is 10.5 Å². The van der Waals surface area contributed by atoms with Crippen LogP contribution in [-0.2, 0) is 14.8 Å². The summed E-state index contributed by atoms with van der Waals surface area (Å²) in [6.07, 6.45) is 3.81. The van der Waals surface area contributed by atoms with E-state index in [-0.39, 0.29) is 22.9 Å². The van der Waals surface area contributed by atoms with Gasteiger partial charge < -0.3 is 10.7 Å². The zero-order valence-electron chi connectivity index (χ0n) is 10.7. The number of aryl methyl sites for hydroxylation is 1. The van der Waals surface area contributed by atoms with Gasteiger partial charge in [0.05, 0.1) is 6.20 Å². The first-order chi connectivity index (χ1) is 8.88. The summed E-state index contributed by atoms with van der Waals surface area (Å²) in [5.74, 6) is 0.124. The van der Waals surface area contributed by atoms with Gasteiger partial charge in [-0.25, -0.2) is 18.1 Å². The lowest BCUT2D eigenvalue weighted by atomic mass is 9.86. The van der Waals surface area contributed by atoms with E-state index in [1.807, 2.05) is 0 Å². The molecule has 7 nitrogen and oxygen atoms in total. The number of amides is 1. The summed E-state index contributed by atoms with van der Waals surface area (Å²) in [5, 5.41) is 0.0713. The second-order valence-corrected chi connectivity index (χ2v) is 6.59. The molecule has 0 aliphatic heterocycles. The Morgan fingerprint density at radius 1 is 1.42 bits per heavy atom. The number of imidazole rings is 1. The highest BCUT2D eigenvalue weighted by atomic mass is 32.2. The van der Waals surface area contributed by atoms with Crippen LogP contribution in [0.2, 0.25) is 0 Å². The van der Waals surface area contributed by atoms with E-state index in [4.69, 9.17) is 5.73 Å². The molecule has 1 aromatic rings. The Morgan fingerprint density at radius 3 is 2.53 bits per heavy atom. The molecule has 0 atom stereocenters. The van der Waals surface area contributed by atoms with Crippen LogP contribution in [0.1, 0.15) is 31.5 Å². The van der Waals surface area contributed by atoms with Gasteiger partial charge in [0.25, 0.3) is 10.0 Å². The van der Waals surface area contributed by atoms with E-state index in [0.29, 0.717) is 31.5 Å². The number of aromatic amines is 1. The van der Waals surface area contributed by atoms with Crippen molar-refractivity contribution in [3.63, 3.8) is 0 Å². The third-order valence-corrected chi connectivity index (χ3v) is 4.85. The molecule has 0 bridgehead atoms. The molecule has 1 aliphatic rings. The SMILES string of the molecule is Cc1ncc(S(=O)(=O)NC2CCC(C(N)=O)CC2)[nH]1. The number of aromatic nitrogens is 2. The fourth-order valence-electron chi connectivity index (χ4n) is 2.31. The predicted molar refractivity (Wildman–Crippen MR) is 68.6 cm³/mol. The highest BCUT2D eigenvalue weighted by Crippen LogP contribution is 2.24. The highest BCUT2D eigenvalue weighted by molar-refractivity contribution is 7.89. The van der Waals surface area contributed by atoms with E-state index < -0.39 is 10.0 Å². The number of nitrogens with one attached hydrogen (secondary N) is 2. The smallest absolute Gasteiger partial charge is 0.257 e. The van der Waals surface area contributed by atoms with Gasteiger partial charge in [-0.2, -0.15) is 0 Å². The van der Waals surface area contributed by atoms with Crippen LogP contribution in [0.3, 0.4) is 0 Å². The van der Waals surface area contributed by atoms with E-state index in [1.165, 1.54) is 6.20 Å². The summed E-state index contributed by atoms with van der Waals surface area (Å²) in [7, 11) is -3.56. The molecular formula is C11H18N4O3S. The number of H-pyrrole nitrogens is 1. The maximum Gasteiger partial charge on any atom is 0.257 e. The molecule has 0 radical (unpaired) electrons. The van der Waals surface area contributed by atoms with Gasteiger partial charge in [0.2, 0.25) is 5.91 Å². The fourth-order valence-corrected chi connectivity index (χ4v) is 3.59. The molecule has 1 heterocycles. The van der Waals surface area contributed by atoms with Gasteiger partial charge in [0.1, 0.15) is 5.82 Å². The van der Waals surface area contributed by atoms with Crippen molar-refractivity contribution in [3.8, 4) is 0 Å². The standard InChI is InChI=1S/C11H18N4O3S/c1-7-13-6-10(14-7)19(17,18)15-9-4-2-8(3-5-9)11(12)16/h6,8-9,15H,2-5H2,1H3,(H2,12,16)(H,13,14). The lowest BCUT2D eigenvalue weighted by molar-refractivity contribution is -0.122. The molecule has 1 aliphatic carbocycles. The molecule has 0 aromatic carbocycles. The number of primary amides is 1. The maximum atomic E-state index is 12.1. The van der Waals surface area contributed by atoms with E-state index >= 15 is 0 Å². The number of nitrogens with zero attached hydrogens (tertiary/aromatic N) is 1. The molecule has 1 fully saturated rings. The lowest BCUT2D eigenvalue weighted by Crippen LogP contribution is -2.39. The molecule has 8 heteroatoms. The van der Waals surface area contributed by atoms with Crippen molar-refractivity contribution in [1.29, 1.82) is 0 Å². The van der Waals surface area contributed by atoms with Crippen molar-refractivity contribution < 1.29 is 13.2 Å². The number of carbonyl (C=O) groups is 1. The maximum absolute atomic E-state index is 12.1.